The van der Waals surface area contributed by atoms with Gasteiger partial charge in [0, 0.05) is 9.86 Å². The van der Waals surface area contributed by atoms with E-state index in [9.17, 15) is 4.79 Å². The first-order chi connectivity index (χ1) is 12.0. The molecular formula is C19H16BrN3O2. The maximum atomic E-state index is 12.6. The van der Waals surface area contributed by atoms with E-state index >= 15 is 0 Å². The van der Waals surface area contributed by atoms with E-state index in [1.165, 1.54) is 0 Å². The van der Waals surface area contributed by atoms with Crippen LogP contribution in [0.4, 0.5) is 0 Å². The van der Waals surface area contributed by atoms with Crippen LogP contribution in [0.5, 0.6) is 5.75 Å². The molecule has 0 radical (unpaired) electrons. The molecule has 1 N–H and O–H groups in total. The summed E-state index contributed by atoms with van der Waals surface area (Å²) < 4.78 is 8.29. The Bertz CT molecular complexity index is 1130. The zero-order valence-electron chi connectivity index (χ0n) is 13.8. The van der Waals surface area contributed by atoms with E-state index in [0.29, 0.717) is 5.52 Å². The number of hydrogen-bond donors (Lipinski definition) is 1. The second-order valence-electron chi connectivity index (χ2n) is 6.11. The molecule has 2 aromatic carbocycles. The van der Waals surface area contributed by atoms with E-state index in [1.807, 2.05) is 56.3 Å². The maximum Gasteiger partial charge on any atom is 0.331 e. The van der Waals surface area contributed by atoms with Gasteiger partial charge in [0.05, 0.1) is 34.5 Å². The summed E-state index contributed by atoms with van der Waals surface area (Å²) in [7, 11) is 0. The molecule has 0 unspecified atom stereocenters. The van der Waals surface area contributed by atoms with Crippen molar-refractivity contribution in [2.24, 2.45) is 0 Å². The highest BCUT2D eigenvalue weighted by Gasteiger charge is 2.13. The summed E-state index contributed by atoms with van der Waals surface area (Å²) in [5.41, 5.74) is 2.94. The highest BCUT2D eigenvalue weighted by molar-refractivity contribution is 9.10. The van der Waals surface area contributed by atoms with Gasteiger partial charge in [-0.15, -0.1) is 0 Å². The van der Waals surface area contributed by atoms with Gasteiger partial charge in [-0.3, -0.25) is 9.55 Å². The van der Waals surface area contributed by atoms with Crippen LogP contribution in [0.2, 0.25) is 0 Å². The highest BCUT2D eigenvalue weighted by atomic mass is 79.9. The van der Waals surface area contributed by atoms with Crippen molar-refractivity contribution in [1.82, 2.24) is 14.5 Å². The van der Waals surface area contributed by atoms with E-state index < -0.39 is 0 Å². The van der Waals surface area contributed by atoms with E-state index in [4.69, 9.17) is 4.74 Å². The number of ether oxygens (including phenoxy) is 1. The number of aromatic amines is 1. The molecule has 0 amide bonds. The van der Waals surface area contributed by atoms with Gasteiger partial charge in [0.2, 0.25) is 0 Å². The van der Waals surface area contributed by atoms with Crippen molar-refractivity contribution in [3.05, 3.63) is 63.6 Å². The number of pyridine rings is 1. The molecule has 25 heavy (non-hydrogen) atoms. The molecule has 0 aliphatic rings. The third kappa shape index (κ3) is 2.82. The average Bonchev–Trinajstić information content (AvgIpc) is 2.91. The van der Waals surface area contributed by atoms with Gasteiger partial charge >= 0.3 is 5.69 Å². The lowest BCUT2D eigenvalue weighted by molar-refractivity contribution is 0.242. The van der Waals surface area contributed by atoms with Crippen molar-refractivity contribution < 1.29 is 4.74 Å². The van der Waals surface area contributed by atoms with Crippen LogP contribution in [-0.4, -0.2) is 20.6 Å². The van der Waals surface area contributed by atoms with Gasteiger partial charge in [-0.25, -0.2) is 4.79 Å². The Hall–Kier alpha value is -2.60. The lowest BCUT2D eigenvalue weighted by atomic mass is 10.2. The van der Waals surface area contributed by atoms with Crippen LogP contribution >= 0.6 is 15.9 Å². The minimum atomic E-state index is -0.193. The first-order valence-corrected chi connectivity index (χ1v) is 8.78. The van der Waals surface area contributed by atoms with E-state index in [2.05, 4.69) is 25.9 Å². The molecule has 0 aliphatic heterocycles. The Morgan fingerprint density at radius 2 is 1.92 bits per heavy atom. The van der Waals surface area contributed by atoms with Crippen LogP contribution in [0.1, 0.15) is 13.8 Å². The number of fused-ring (bicyclic) bond motifs is 3. The molecule has 6 heteroatoms. The van der Waals surface area contributed by atoms with Crippen LogP contribution in [0.25, 0.3) is 27.6 Å². The second-order valence-corrected chi connectivity index (χ2v) is 7.02. The minimum absolute atomic E-state index is 0.106. The van der Waals surface area contributed by atoms with Gasteiger partial charge in [0.1, 0.15) is 5.75 Å². The van der Waals surface area contributed by atoms with Crippen molar-refractivity contribution in [2.45, 2.75) is 20.0 Å². The normalized spacial score (nSPS) is 11.5. The summed E-state index contributed by atoms with van der Waals surface area (Å²) in [5, 5.41) is 0.910. The number of benzene rings is 2. The monoisotopic (exact) mass is 397 g/mol. The number of aromatic nitrogens is 3. The van der Waals surface area contributed by atoms with Crippen molar-refractivity contribution >= 4 is 37.9 Å². The summed E-state index contributed by atoms with van der Waals surface area (Å²) in [6, 6.07) is 13.4. The fourth-order valence-electron chi connectivity index (χ4n) is 2.95. The molecule has 0 spiro atoms. The van der Waals surface area contributed by atoms with Crippen LogP contribution in [-0.2, 0) is 0 Å². The first-order valence-electron chi connectivity index (χ1n) is 7.99. The van der Waals surface area contributed by atoms with Crippen LogP contribution in [0.15, 0.2) is 57.9 Å². The first kappa shape index (κ1) is 15.9. The van der Waals surface area contributed by atoms with Gasteiger partial charge in [-0.1, -0.05) is 15.9 Å². The topological polar surface area (TPSA) is 59.9 Å². The van der Waals surface area contributed by atoms with E-state index in [0.717, 1.165) is 32.3 Å². The predicted octanol–water partition coefficient (Wildman–Crippen LogP) is 4.42. The third-order valence-electron chi connectivity index (χ3n) is 3.94. The Morgan fingerprint density at radius 1 is 1.16 bits per heavy atom. The fraction of sp³-hybridized carbons (Fsp3) is 0.158. The summed E-state index contributed by atoms with van der Waals surface area (Å²) >= 11 is 3.50. The van der Waals surface area contributed by atoms with E-state index in [-0.39, 0.29) is 11.8 Å². The fourth-order valence-corrected chi connectivity index (χ4v) is 3.31. The molecule has 2 aromatic heterocycles. The van der Waals surface area contributed by atoms with Crippen LogP contribution < -0.4 is 10.4 Å². The molecule has 5 nitrogen and oxygen atoms in total. The minimum Gasteiger partial charge on any atom is -0.491 e. The number of nitrogens with zero attached hydrogens (tertiary/aromatic N) is 2. The SMILES string of the molecule is CC(C)Oc1ccc(-n2c(=O)[nH]c3cnc4ccc(Br)cc4c32)cc1. The Labute approximate surface area is 152 Å². The number of H-pyrrole nitrogens is 1. The molecule has 0 fully saturated rings. The summed E-state index contributed by atoms with van der Waals surface area (Å²) in [4.78, 5) is 19.9. The van der Waals surface area contributed by atoms with Gasteiger partial charge < -0.3 is 9.72 Å². The largest absolute Gasteiger partial charge is 0.491 e. The molecule has 2 heterocycles. The zero-order valence-corrected chi connectivity index (χ0v) is 15.4. The average molecular weight is 398 g/mol. The predicted molar refractivity (Wildman–Crippen MR) is 103 cm³/mol. The number of hydrogen-bond acceptors (Lipinski definition) is 3. The lowest BCUT2D eigenvalue weighted by Gasteiger charge is -2.11. The van der Waals surface area contributed by atoms with Crippen molar-refractivity contribution in [1.29, 1.82) is 0 Å². The quantitative estimate of drug-likeness (QED) is 0.556. The molecule has 126 valence electrons. The number of halogens is 1. The Morgan fingerprint density at radius 3 is 2.64 bits per heavy atom. The van der Waals surface area contributed by atoms with Gasteiger partial charge in [0.25, 0.3) is 0 Å². The number of imidazole rings is 1. The van der Waals surface area contributed by atoms with Crippen LogP contribution in [0.3, 0.4) is 0 Å². The number of nitrogens with one attached hydrogen (secondary N) is 1. The molecule has 4 rings (SSSR count). The molecule has 0 bridgehead atoms. The molecule has 4 aromatic rings. The standard InChI is InChI=1S/C19H16BrN3O2/c1-11(2)25-14-6-4-13(5-7-14)23-18-15-9-12(20)3-8-16(15)21-10-17(18)22-19(23)24/h3-11H,1-2H3,(H,22,24). The molecule has 0 aliphatic carbocycles. The van der Waals surface area contributed by atoms with Crippen molar-refractivity contribution in [3.8, 4) is 11.4 Å². The Balaban J connectivity index is 1.96. The summed E-state index contributed by atoms with van der Waals surface area (Å²) in [6.07, 6.45) is 1.80. The maximum absolute atomic E-state index is 12.6. The van der Waals surface area contributed by atoms with Gasteiger partial charge in [0.15, 0.2) is 0 Å². The molecule has 0 atom stereocenters. The second kappa shape index (κ2) is 6.04. The zero-order chi connectivity index (χ0) is 17.6. The third-order valence-corrected chi connectivity index (χ3v) is 4.43. The van der Waals surface area contributed by atoms with Crippen LogP contribution in [0, 0.1) is 0 Å². The Kier molecular flexibility index (Phi) is 3.84. The molecular weight excluding hydrogens is 382 g/mol. The van der Waals surface area contributed by atoms with Gasteiger partial charge in [-0.2, -0.15) is 0 Å². The molecule has 0 saturated carbocycles. The summed E-state index contributed by atoms with van der Waals surface area (Å²) in [6.45, 7) is 3.96. The number of rotatable bonds is 3. The smallest absolute Gasteiger partial charge is 0.331 e. The highest BCUT2D eigenvalue weighted by Crippen LogP contribution is 2.27. The van der Waals surface area contributed by atoms with Crippen molar-refractivity contribution in [3.63, 3.8) is 0 Å². The summed E-state index contributed by atoms with van der Waals surface area (Å²) in [5.74, 6) is 0.779. The van der Waals surface area contributed by atoms with E-state index in [1.54, 1.807) is 10.8 Å². The lowest BCUT2D eigenvalue weighted by Crippen LogP contribution is -2.14. The molecule has 0 saturated heterocycles. The van der Waals surface area contributed by atoms with Crippen molar-refractivity contribution in [2.75, 3.05) is 0 Å². The van der Waals surface area contributed by atoms with Gasteiger partial charge in [-0.05, 0) is 56.3 Å².